The summed E-state index contributed by atoms with van der Waals surface area (Å²) >= 11 is 0. The van der Waals surface area contributed by atoms with Crippen LogP contribution in [0.15, 0.2) is 0 Å². The number of nitrogens with one attached hydrogen (secondary N) is 8. The predicted molar refractivity (Wildman–Crippen MR) is 367 cm³/mol. The number of methoxy groups -OCH3 is 1. The molecule has 3 fully saturated rings. The van der Waals surface area contributed by atoms with Gasteiger partial charge in [0.1, 0.15) is 73.1 Å². The molecule has 38 nitrogen and oxygen atoms in total. The molecule has 0 spiro atoms. The number of rotatable bonds is 56. The second-order valence-electron chi connectivity index (χ2n) is 27.5. The van der Waals surface area contributed by atoms with Crippen LogP contribution in [0.1, 0.15) is 113 Å². The number of amides is 8. The molecule has 0 aliphatic carbocycles. The normalized spacial score (nSPS) is 25.5. The molecule has 0 aromatic heterocycles. The lowest BCUT2D eigenvalue weighted by atomic mass is 9.75. The van der Waals surface area contributed by atoms with E-state index in [2.05, 4.69) is 56.4 Å². The van der Waals surface area contributed by atoms with Crippen LogP contribution >= 0.6 is 0 Å². The summed E-state index contributed by atoms with van der Waals surface area (Å²) in [6.07, 6.45) is -15.7. The molecule has 15 unspecified atom stereocenters. The molecule has 3 aliphatic heterocycles. The van der Waals surface area contributed by atoms with Crippen LogP contribution in [0.2, 0.25) is 0 Å². The molecule has 38 heteroatoms. The highest BCUT2D eigenvalue weighted by molar-refractivity contribution is 5.81. The van der Waals surface area contributed by atoms with Crippen LogP contribution in [0.4, 0.5) is 0 Å². The molecule has 0 radical (unpaired) electrons. The third-order valence-electron chi connectivity index (χ3n) is 17.1. The van der Waals surface area contributed by atoms with Crippen LogP contribution in [0.3, 0.4) is 0 Å². The molecular weight excluding hydrogens is 1400 g/mol. The van der Waals surface area contributed by atoms with E-state index in [1.54, 1.807) is 7.11 Å². The molecule has 3 heterocycles. The minimum Gasteiger partial charge on any atom is -0.394 e. The number of carbonyl (C=O) groups excluding carboxylic acids is 8. The number of hydrogen-bond donors (Lipinski definition) is 17. The maximum absolute atomic E-state index is 14.1. The Labute approximate surface area is 613 Å². The zero-order chi connectivity index (χ0) is 78.0. The minimum atomic E-state index is -1.48. The fourth-order valence-electron chi connectivity index (χ4n) is 12.1. The van der Waals surface area contributed by atoms with Gasteiger partial charge in [0.25, 0.3) is 0 Å². The van der Waals surface area contributed by atoms with Gasteiger partial charge in [-0.3, -0.25) is 38.4 Å². The summed E-state index contributed by atoms with van der Waals surface area (Å²) in [6.45, 7) is 12.0. The number of carbonyl (C=O) groups is 8. The number of aliphatic hydroxyl groups is 9. The van der Waals surface area contributed by atoms with Crippen LogP contribution in [-0.2, 0) is 99.9 Å². The van der Waals surface area contributed by atoms with Crippen LogP contribution in [0, 0.1) is 10.8 Å². The highest BCUT2D eigenvalue weighted by Gasteiger charge is 2.48. The number of aliphatic hydroxyl groups excluding tert-OH is 9. The van der Waals surface area contributed by atoms with Crippen molar-refractivity contribution in [2.45, 2.75) is 210 Å². The van der Waals surface area contributed by atoms with Gasteiger partial charge in [0.15, 0.2) is 18.9 Å². The topological polar surface area (TPSA) is 535 Å². The van der Waals surface area contributed by atoms with Gasteiger partial charge in [-0.15, -0.1) is 0 Å². The lowest BCUT2D eigenvalue weighted by molar-refractivity contribution is -0.272. The Morgan fingerprint density at radius 1 is 0.381 bits per heavy atom. The Kier molecular flexibility index (Phi) is 46.0. The van der Waals surface area contributed by atoms with Gasteiger partial charge in [-0.2, -0.15) is 0 Å². The molecule has 105 heavy (non-hydrogen) atoms. The van der Waals surface area contributed by atoms with Crippen molar-refractivity contribution in [3.63, 3.8) is 0 Å². The van der Waals surface area contributed by atoms with Gasteiger partial charge >= 0.3 is 0 Å². The fourth-order valence-corrected chi connectivity index (χ4v) is 12.1. The van der Waals surface area contributed by atoms with E-state index >= 15 is 0 Å². The number of hydrogen-bond acceptors (Lipinski definition) is 30. The van der Waals surface area contributed by atoms with E-state index in [0.29, 0.717) is 13.2 Å². The monoisotopic (exact) mass is 1520 g/mol. The summed E-state index contributed by atoms with van der Waals surface area (Å²) in [6, 6.07) is -3.36. The van der Waals surface area contributed by atoms with E-state index in [-0.39, 0.29) is 193 Å². The third kappa shape index (κ3) is 37.7. The summed E-state index contributed by atoms with van der Waals surface area (Å²) < 4.78 is 72.7. The van der Waals surface area contributed by atoms with E-state index in [0.717, 1.165) is 6.42 Å². The molecule has 17 N–H and O–H groups in total. The highest BCUT2D eigenvalue weighted by Crippen LogP contribution is 2.34. The van der Waals surface area contributed by atoms with E-state index in [1.807, 2.05) is 13.8 Å². The molecule has 3 aliphatic rings. The lowest BCUT2D eigenvalue weighted by Crippen LogP contribution is -2.64. The second kappa shape index (κ2) is 51.3. The summed E-state index contributed by atoms with van der Waals surface area (Å²) in [5.74, 6) is -3.58. The Balaban J connectivity index is 1.64. The first kappa shape index (κ1) is 94.1. The van der Waals surface area contributed by atoms with E-state index in [4.69, 9.17) is 61.6 Å². The van der Waals surface area contributed by atoms with Crippen molar-refractivity contribution >= 4 is 47.3 Å². The standard InChI is InChI=1S/C67H122N8O30/c1-42(79)72-53-59(90)56(87)45(36-76)103-62(53)100-33-30-97-27-24-94-21-18-68-49(83)12-15-67(75-52(86)11-9-10-48(82)71-40-65(4,5)39-66(6,7)41-93-8,16-13-50(84)69-19-22-95-25-28-98-31-34-101-63-54(73-43(2)80)60(91)57(88)46(37-77)104-63)17-14-51(85)70-20-23-96-26-29-99-32-35-102-64-55(74-44(3)81)61(92)58(89)47(38-78)105-64/h45-47,53-64,76-78,87-92H,9-41H2,1-8H3,(H,68,83)(H,69,84)(H,70,85)(H,71,82)(H,72,79)(H,73,80)(H,74,81)(H,75,86). The molecule has 15 atom stereocenters. The zero-order valence-corrected chi connectivity index (χ0v) is 62.1. The van der Waals surface area contributed by atoms with Crippen molar-refractivity contribution in [3.05, 3.63) is 0 Å². The van der Waals surface area contributed by atoms with Crippen molar-refractivity contribution in [2.75, 3.05) is 159 Å². The molecular formula is C67H122N8O30. The smallest absolute Gasteiger partial charge is 0.220 e. The number of ether oxygens (including phenoxy) is 13. The van der Waals surface area contributed by atoms with Crippen molar-refractivity contribution in [3.8, 4) is 0 Å². The lowest BCUT2D eigenvalue weighted by Gasteiger charge is -2.42. The molecule has 8 amide bonds. The maximum atomic E-state index is 14.1. The maximum Gasteiger partial charge on any atom is 0.220 e. The summed E-state index contributed by atoms with van der Waals surface area (Å²) in [5, 5.41) is 113. The molecule has 0 bridgehead atoms. The Hall–Kier alpha value is -5.12. The fraction of sp³-hybridized carbons (Fsp3) is 0.881. The molecule has 0 aromatic rings. The van der Waals surface area contributed by atoms with Gasteiger partial charge in [0.05, 0.1) is 126 Å². The van der Waals surface area contributed by atoms with E-state index in [9.17, 15) is 84.3 Å². The Bertz CT molecular complexity index is 2310. The average Bonchev–Trinajstić information content (AvgIpc) is 0.822. The molecule has 610 valence electrons. The molecule has 0 aromatic carbocycles. The summed E-state index contributed by atoms with van der Waals surface area (Å²) in [5.41, 5.74) is -1.76. The first-order valence-electron chi connectivity index (χ1n) is 35.8. The van der Waals surface area contributed by atoms with Gasteiger partial charge in [-0.05, 0) is 42.9 Å². The quantitative estimate of drug-likeness (QED) is 0.0252. The van der Waals surface area contributed by atoms with Crippen LogP contribution in [0.5, 0.6) is 0 Å². The average molecular weight is 1520 g/mol. The van der Waals surface area contributed by atoms with Gasteiger partial charge in [-0.25, -0.2) is 0 Å². The van der Waals surface area contributed by atoms with Gasteiger partial charge in [0, 0.05) is 91.7 Å². The highest BCUT2D eigenvalue weighted by atomic mass is 16.7. The molecule has 3 rings (SSSR count). The largest absolute Gasteiger partial charge is 0.394 e. The zero-order valence-electron chi connectivity index (χ0n) is 62.1. The van der Waals surface area contributed by atoms with Gasteiger partial charge in [-0.1, -0.05) is 27.7 Å². The van der Waals surface area contributed by atoms with Crippen molar-refractivity contribution < 1.29 is 146 Å². The minimum absolute atomic E-state index is 0.0189. The van der Waals surface area contributed by atoms with Gasteiger partial charge in [0.2, 0.25) is 47.3 Å². The summed E-state index contributed by atoms with van der Waals surface area (Å²) in [7, 11) is 1.64. The van der Waals surface area contributed by atoms with Crippen molar-refractivity contribution in [2.24, 2.45) is 10.8 Å². The Morgan fingerprint density at radius 3 is 0.981 bits per heavy atom. The summed E-state index contributed by atoms with van der Waals surface area (Å²) in [4.78, 5) is 103. The van der Waals surface area contributed by atoms with Crippen molar-refractivity contribution in [1.82, 2.24) is 42.5 Å². The molecule has 3 saturated heterocycles. The van der Waals surface area contributed by atoms with E-state index in [1.165, 1.54) is 20.8 Å². The van der Waals surface area contributed by atoms with Crippen LogP contribution in [-0.4, -0.2) is 350 Å². The molecule has 0 saturated carbocycles. The first-order valence-corrected chi connectivity index (χ1v) is 35.8. The van der Waals surface area contributed by atoms with E-state index < -0.39 is 159 Å². The van der Waals surface area contributed by atoms with Crippen molar-refractivity contribution in [1.29, 1.82) is 0 Å². The third-order valence-corrected chi connectivity index (χ3v) is 17.1. The first-order chi connectivity index (χ1) is 49.9. The SMILES string of the molecule is COCC(C)(C)CC(C)(C)CNC(=O)CCCC(=O)NC(CCC(=O)NCCOCCOCCOC1OC(CO)C(O)C(O)C1NC(C)=O)(CCC(=O)NCCOCCOCCOC1OC(CO)C(O)C(O)C1NC(C)=O)CCC(=O)NCCOCCOCCOC1OC(CO)C(O)C(O)C1NC(C)=O. The van der Waals surface area contributed by atoms with Gasteiger partial charge < -0.3 is 150 Å². The predicted octanol–water partition coefficient (Wildman–Crippen LogP) is -6.11. The van der Waals surface area contributed by atoms with Crippen LogP contribution < -0.4 is 42.5 Å². The van der Waals surface area contributed by atoms with Crippen LogP contribution in [0.25, 0.3) is 0 Å². The Morgan fingerprint density at radius 2 is 0.676 bits per heavy atom. The second-order valence-corrected chi connectivity index (χ2v) is 27.5.